The quantitative estimate of drug-likeness (QED) is 0.484. The molecule has 0 fully saturated rings. The summed E-state index contributed by atoms with van der Waals surface area (Å²) in [5.74, 6) is -0.308. The summed E-state index contributed by atoms with van der Waals surface area (Å²) in [7, 11) is 3.32. The van der Waals surface area contributed by atoms with Crippen LogP contribution in [-0.4, -0.2) is 26.0 Å². The number of anilines is 2. The summed E-state index contributed by atoms with van der Waals surface area (Å²) >= 11 is 12.5. The van der Waals surface area contributed by atoms with Gasteiger partial charge in [-0.25, -0.2) is 4.90 Å². The monoisotopic (exact) mass is 452 g/mol. The highest BCUT2D eigenvalue weighted by Crippen LogP contribution is 2.39. The van der Waals surface area contributed by atoms with Gasteiger partial charge >= 0.3 is 0 Å². The van der Waals surface area contributed by atoms with Crippen LogP contribution in [0.3, 0.4) is 0 Å². The van der Waals surface area contributed by atoms with Gasteiger partial charge in [-0.15, -0.1) is 0 Å². The number of nitrogens with zero attached hydrogens (tertiary/aromatic N) is 2. The summed E-state index contributed by atoms with van der Waals surface area (Å²) in [5, 5.41) is 0.625. The number of amides is 2. The van der Waals surface area contributed by atoms with Gasteiger partial charge in [0.05, 0.1) is 23.4 Å². The molecule has 0 bridgehead atoms. The Kier molecular flexibility index (Phi) is 5.72. The van der Waals surface area contributed by atoms with Gasteiger partial charge in [-0.05, 0) is 48.0 Å². The van der Waals surface area contributed by atoms with Crippen LogP contribution in [0, 0.1) is 0 Å². The molecule has 0 saturated carbocycles. The highest BCUT2D eigenvalue weighted by Gasteiger charge is 2.42. The van der Waals surface area contributed by atoms with Gasteiger partial charge in [0.1, 0.15) is 11.4 Å². The molecule has 31 heavy (non-hydrogen) atoms. The summed E-state index contributed by atoms with van der Waals surface area (Å²) in [5.41, 5.74) is 2.13. The van der Waals surface area contributed by atoms with Gasteiger partial charge < -0.3 is 9.64 Å². The Bertz CT molecular complexity index is 1190. The van der Waals surface area contributed by atoms with Crippen LogP contribution in [0.2, 0.25) is 10.0 Å². The second kappa shape index (κ2) is 8.46. The van der Waals surface area contributed by atoms with Crippen molar-refractivity contribution in [3.05, 3.63) is 94.1 Å². The Labute approximate surface area is 190 Å². The highest BCUT2D eigenvalue weighted by molar-refractivity contribution is 6.48. The maximum absolute atomic E-state index is 13.6. The number of rotatable bonds is 5. The first kappa shape index (κ1) is 21.0. The van der Waals surface area contributed by atoms with Crippen molar-refractivity contribution in [2.24, 2.45) is 0 Å². The van der Waals surface area contributed by atoms with E-state index in [1.165, 1.54) is 6.07 Å². The van der Waals surface area contributed by atoms with Crippen molar-refractivity contribution in [3.63, 3.8) is 0 Å². The van der Waals surface area contributed by atoms with E-state index < -0.39 is 11.8 Å². The van der Waals surface area contributed by atoms with Gasteiger partial charge in [0.15, 0.2) is 0 Å². The average Bonchev–Trinajstić information content (AvgIpc) is 3.05. The first-order chi connectivity index (χ1) is 14.9. The number of carbonyl (C=O) groups is 2. The minimum absolute atomic E-state index is 0.242. The first-order valence-corrected chi connectivity index (χ1v) is 10.2. The molecule has 3 aromatic carbocycles. The lowest BCUT2D eigenvalue weighted by Crippen LogP contribution is -2.34. The second-order valence-corrected chi connectivity index (χ2v) is 7.73. The van der Waals surface area contributed by atoms with Gasteiger partial charge in [-0.2, -0.15) is 0 Å². The van der Waals surface area contributed by atoms with Gasteiger partial charge in [0.2, 0.25) is 0 Å². The normalized spacial score (nSPS) is 13.7. The molecular weight excluding hydrogens is 435 g/mol. The molecule has 0 unspecified atom stereocenters. The van der Waals surface area contributed by atoms with Crippen LogP contribution in [0.15, 0.2) is 78.5 Å². The van der Waals surface area contributed by atoms with Crippen LogP contribution < -0.4 is 14.5 Å². The van der Waals surface area contributed by atoms with E-state index in [-0.39, 0.29) is 22.0 Å². The molecule has 1 heterocycles. The Balaban J connectivity index is 1.89. The molecule has 156 valence electrons. The zero-order valence-electron chi connectivity index (χ0n) is 16.8. The number of hydrogen-bond donors (Lipinski definition) is 0. The van der Waals surface area contributed by atoms with Crippen LogP contribution >= 0.6 is 23.2 Å². The van der Waals surface area contributed by atoms with Crippen LogP contribution in [0.4, 0.5) is 11.4 Å². The number of hydrogen-bond acceptors (Lipinski definition) is 4. The number of imide groups is 1. The Morgan fingerprint density at radius 2 is 1.55 bits per heavy atom. The fourth-order valence-corrected chi connectivity index (χ4v) is 3.87. The third-order valence-electron chi connectivity index (χ3n) is 5.07. The van der Waals surface area contributed by atoms with Crippen LogP contribution in [-0.2, 0) is 9.59 Å². The van der Waals surface area contributed by atoms with Crippen molar-refractivity contribution in [1.82, 2.24) is 0 Å². The maximum Gasteiger partial charge on any atom is 0.282 e. The predicted molar refractivity (Wildman–Crippen MR) is 124 cm³/mol. The zero-order chi connectivity index (χ0) is 22.1. The van der Waals surface area contributed by atoms with Crippen molar-refractivity contribution in [2.45, 2.75) is 0 Å². The number of benzene rings is 3. The van der Waals surface area contributed by atoms with E-state index in [4.69, 9.17) is 27.9 Å². The first-order valence-electron chi connectivity index (χ1n) is 9.43. The Hall–Kier alpha value is -3.28. The SMILES string of the molecule is COc1ccc(C2=C(N(C)c3ccccc3)C(=O)N(c3cc(Cl)ccc3Cl)C2=O)cc1. The van der Waals surface area contributed by atoms with E-state index in [9.17, 15) is 9.59 Å². The molecule has 2 amide bonds. The molecule has 3 aromatic rings. The average molecular weight is 453 g/mol. The molecule has 4 rings (SSSR count). The highest BCUT2D eigenvalue weighted by atomic mass is 35.5. The van der Waals surface area contributed by atoms with Gasteiger partial charge in [0.25, 0.3) is 11.8 Å². The predicted octanol–water partition coefficient (Wildman–Crippen LogP) is 5.42. The molecule has 1 aliphatic rings. The van der Waals surface area contributed by atoms with E-state index in [0.717, 1.165) is 10.6 Å². The standard InChI is InChI=1S/C24H18Cl2N2O3/c1-27(17-6-4-3-5-7-17)22-21(15-8-11-18(31-2)12-9-15)23(29)28(24(22)30)20-14-16(25)10-13-19(20)26/h3-14H,1-2H3. The summed E-state index contributed by atoms with van der Waals surface area (Å²) in [6.45, 7) is 0. The number of likely N-dealkylation sites (N-methyl/N-ethyl adjacent to an activating group) is 1. The molecule has 5 nitrogen and oxygen atoms in total. The molecular formula is C24H18Cl2N2O3. The van der Waals surface area contributed by atoms with Gasteiger partial charge in [0, 0.05) is 17.8 Å². The zero-order valence-corrected chi connectivity index (χ0v) is 18.3. The minimum Gasteiger partial charge on any atom is -0.497 e. The number of halogens is 2. The molecule has 7 heteroatoms. The third kappa shape index (κ3) is 3.78. The molecule has 1 aliphatic heterocycles. The summed E-state index contributed by atoms with van der Waals surface area (Å²) in [6, 6.07) is 21.0. The Morgan fingerprint density at radius 3 is 2.19 bits per heavy atom. The van der Waals surface area contributed by atoms with Crippen molar-refractivity contribution in [1.29, 1.82) is 0 Å². The summed E-state index contributed by atoms with van der Waals surface area (Å²) in [6.07, 6.45) is 0. The molecule has 0 atom stereocenters. The summed E-state index contributed by atoms with van der Waals surface area (Å²) in [4.78, 5) is 29.9. The lowest BCUT2D eigenvalue weighted by molar-refractivity contribution is -0.120. The second-order valence-electron chi connectivity index (χ2n) is 6.89. The van der Waals surface area contributed by atoms with E-state index in [1.54, 1.807) is 55.5 Å². The molecule has 0 aliphatic carbocycles. The van der Waals surface area contributed by atoms with E-state index in [0.29, 0.717) is 16.3 Å². The van der Waals surface area contributed by atoms with Gasteiger partial charge in [-0.3, -0.25) is 9.59 Å². The molecule has 0 saturated heterocycles. The van der Waals surface area contributed by atoms with Crippen LogP contribution in [0.1, 0.15) is 5.56 Å². The van der Waals surface area contributed by atoms with Gasteiger partial charge in [-0.1, -0.05) is 53.5 Å². The fourth-order valence-electron chi connectivity index (χ4n) is 3.50. The Morgan fingerprint density at radius 1 is 0.871 bits per heavy atom. The smallest absolute Gasteiger partial charge is 0.282 e. The maximum atomic E-state index is 13.6. The lowest BCUT2D eigenvalue weighted by atomic mass is 10.0. The fraction of sp³-hybridized carbons (Fsp3) is 0.0833. The third-order valence-corrected chi connectivity index (χ3v) is 5.62. The van der Waals surface area contributed by atoms with Crippen LogP contribution in [0.25, 0.3) is 5.57 Å². The number of carbonyl (C=O) groups excluding carboxylic acids is 2. The van der Waals surface area contributed by atoms with Crippen molar-refractivity contribution < 1.29 is 14.3 Å². The number of methoxy groups -OCH3 is 1. The van der Waals surface area contributed by atoms with E-state index >= 15 is 0 Å². The van der Waals surface area contributed by atoms with Crippen molar-refractivity contribution in [2.75, 3.05) is 24.0 Å². The van der Waals surface area contributed by atoms with Crippen LogP contribution in [0.5, 0.6) is 5.75 Å². The van der Waals surface area contributed by atoms with Crippen molar-refractivity contribution >= 4 is 52.0 Å². The molecule has 0 aromatic heterocycles. The lowest BCUT2D eigenvalue weighted by Gasteiger charge is -2.22. The number of ether oxygens (including phenoxy) is 1. The molecule has 0 spiro atoms. The molecule has 0 N–H and O–H groups in total. The topological polar surface area (TPSA) is 49.9 Å². The van der Waals surface area contributed by atoms with Crippen molar-refractivity contribution in [3.8, 4) is 5.75 Å². The minimum atomic E-state index is -0.480. The van der Waals surface area contributed by atoms with E-state index in [2.05, 4.69) is 0 Å². The largest absolute Gasteiger partial charge is 0.497 e. The number of para-hydroxylation sites is 1. The summed E-state index contributed by atoms with van der Waals surface area (Å²) < 4.78 is 5.22. The van der Waals surface area contributed by atoms with E-state index in [1.807, 2.05) is 30.3 Å². The molecule has 0 radical (unpaired) electrons.